The Kier molecular flexibility index (Phi) is 5.25. The molecule has 0 unspecified atom stereocenters. The van der Waals surface area contributed by atoms with Crippen molar-refractivity contribution < 1.29 is 0 Å². The van der Waals surface area contributed by atoms with Gasteiger partial charge in [0.2, 0.25) is 0 Å². The molecule has 0 bridgehead atoms. The van der Waals surface area contributed by atoms with Gasteiger partial charge in [-0.05, 0) is 81.2 Å². The minimum Gasteiger partial charge on any atom is -0.310 e. The van der Waals surface area contributed by atoms with Crippen molar-refractivity contribution >= 4 is 50.2 Å². The van der Waals surface area contributed by atoms with Crippen molar-refractivity contribution in [3.05, 3.63) is 138 Å². The summed E-state index contributed by atoms with van der Waals surface area (Å²) in [4.78, 5) is 2.28. The fraction of sp³-hybridized carbons (Fsp3) is 0. The first kappa shape index (κ1) is 20.5. The Labute approximate surface area is 204 Å². The Bertz CT molecular complexity index is 1590. The molecule has 0 amide bonds. The van der Waals surface area contributed by atoms with E-state index >= 15 is 0 Å². The molecule has 0 saturated carbocycles. The molecular weight excluding hydrogens is 434 g/mol. The number of nitrogens with zero attached hydrogens (tertiary/aromatic N) is 1. The van der Waals surface area contributed by atoms with Crippen LogP contribution in [0.2, 0.25) is 5.02 Å². The third kappa shape index (κ3) is 3.81. The predicted octanol–water partition coefficient (Wildman–Crippen LogP) is 9.78. The number of fused-ring (bicyclic) bond motifs is 3. The lowest BCUT2D eigenvalue weighted by atomic mass is 10.0. The fourth-order valence-corrected chi connectivity index (χ4v) is 4.74. The summed E-state index contributed by atoms with van der Waals surface area (Å²) in [7, 11) is 0. The summed E-state index contributed by atoms with van der Waals surface area (Å²) in [6.45, 7) is 0. The molecule has 0 radical (unpaired) electrons. The van der Waals surface area contributed by atoms with E-state index < -0.39 is 0 Å². The predicted molar refractivity (Wildman–Crippen MR) is 147 cm³/mol. The number of benzene rings is 6. The van der Waals surface area contributed by atoms with Crippen molar-refractivity contribution in [2.24, 2.45) is 0 Å². The minimum atomic E-state index is 0.730. The van der Waals surface area contributed by atoms with Gasteiger partial charge >= 0.3 is 0 Å². The Morgan fingerprint density at radius 2 is 0.971 bits per heavy atom. The summed E-state index contributed by atoms with van der Waals surface area (Å²) in [6, 6.07) is 46.9. The van der Waals surface area contributed by atoms with Gasteiger partial charge < -0.3 is 4.90 Å². The van der Waals surface area contributed by atoms with Crippen LogP contribution in [0.3, 0.4) is 0 Å². The molecular formula is C32H22ClN. The third-order valence-corrected chi connectivity index (χ3v) is 6.56. The molecule has 162 valence electrons. The van der Waals surface area contributed by atoms with Crippen molar-refractivity contribution in [2.45, 2.75) is 0 Å². The molecule has 1 nitrogen and oxygen atoms in total. The number of hydrogen-bond donors (Lipinski definition) is 0. The Morgan fingerprint density at radius 3 is 1.74 bits per heavy atom. The van der Waals surface area contributed by atoms with Crippen LogP contribution in [0, 0.1) is 0 Å². The molecule has 0 heterocycles. The van der Waals surface area contributed by atoms with Crippen LogP contribution in [-0.2, 0) is 0 Å². The van der Waals surface area contributed by atoms with Gasteiger partial charge in [-0.15, -0.1) is 0 Å². The van der Waals surface area contributed by atoms with Crippen LogP contribution in [0.4, 0.5) is 17.1 Å². The van der Waals surface area contributed by atoms with Crippen LogP contribution in [-0.4, -0.2) is 0 Å². The average molecular weight is 456 g/mol. The first-order chi connectivity index (χ1) is 16.8. The van der Waals surface area contributed by atoms with Gasteiger partial charge in [0.25, 0.3) is 0 Å². The van der Waals surface area contributed by atoms with Crippen molar-refractivity contribution in [2.75, 3.05) is 4.90 Å². The average Bonchev–Trinajstić information content (AvgIpc) is 2.91. The Morgan fingerprint density at radius 1 is 0.412 bits per heavy atom. The van der Waals surface area contributed by atoms with Gasteiger partial charge in [0.1, 0.15) is 0 Å². The van der Waals surface area contributed by atoms with Crippen LogP contribution in [0.25, 0.3) is 32.7 Å². The van der Waals surface area contributed by atoms with Crippen molar-refractivity contribution in [3.8, 4) is 11.1 Å². The maximum absolute atomic E-state index is 6.21. The quantitative estimate of drug-likeness (QED) is 0.239. The molecule has 0 aliphatic heterocycles. The zero-order valence-electron chi connectivity index (χ0n) is 18.5. The highest BCUT2D eigenvalue weighted by Crippen LogP contribution is 2.38. The molecule has 0 spiro atoms. The lowest BCUT2D eigenvalue weighted by Gasteiger charge is -2.26. The molecule has 0 aliphatic rings. The van der Waals surface area contributed by atoms with Crippen LogP contribution in [0.5, 0.6) is 0 Å². The topological polar surface area (TPSA) is 3.24 Å². The zero-order valence-corrected chi connectivity index (χ0v) is 19.3. The van der Waals surface area contributed by atoms with E-state index in [1.54, 1.807) is 0 Å². The highest BCUT2D eigenvalue weighted by Gasteiger charge is 2.14. The molecule has 6 rings (SSSR count). The van der Waals surface area contributed by atoms with E-state index in [2.05, 4.69) is 120 Å². The summed E-state index contributed by atoms with van der Waals surface area (Å²) >= 11 is 6.21. The van der Waals surface area contributed by atoms with E-state index in [9.17, 15) is 0 Å². The molecule has 0 aliphatic carbocycles. The number of hydrogen-bond acceptors (Lipinski definition) is 1. The van der Waals surface area contributed by atoms with Crippen LogP contribution >= 0.6 is 11.6 Å². The van der Waals surface area contributed by atoms with Gasteiger partial charge in [0, 0.05) is 22.1 Å². The first-order valence-corrected chi connectivity index (χ1v) is 11.8. The highest BCUT2D eigenvalue weighted by molar-refractivity contribution is 6.30. The monoisotopic (exact) mass is 455 g/mol. The molecule has 0 saturated heterocycles. The molecule has 2 heteroatoms. The second-order valence-electron chi connectivity index (χ2n) is 8.42. The second-order valence-corrected chi connectivity index (χ2v) is 8.85. The van der Waals surface area contributed by atoms with E-state index in [1.165, 1.54) is 32.7 Å². The van der Waals surface area contributed by atoms with Crippen LogP contribution < -0.4 is 4.90 Å². The summed E-state index contributed by atoms with van der Waals surface area (Å²) in [5.41, 5.74) is 5.69. The molecule has 6 aromatic rings. The third-order valence-electron chi connectivity index (χ3n) is 6.30. The van der Waals surface area contributed by atoms with Crippen molar-refractivity contribution in [1.82, 2.24) is 0 Å². The SMILES string of the molecule is Clc1ccc(N(c2ccc(-c3ccccc3)cc2)c2ccc3c(ccc4ccccc43)c2)cc1. The van der Waals surface area contributed by atoms with E-state index in [4.69, 9.17) is 11.6 Å². The molecule has 6 aromatic carbocycles. The Hall–Kier alpha value is -4.07. The largest absolute Gasteiger partial charge is 0.310 e. The number of halogens is 1. The molecule has 0 atom stereocenters. The summed E-state index contributed by atoms with van der Waals surface area (Å²) in [6.07, 6.45) is 0. The van der Waals surface area contributed by atoms with E-state index in [0.29, 0.717) is 0 Å². The van der Waals surface area contributed by atoms with Gasteiger partial charge in [-0.25, -0.2) is 0 Å². The molecule has 0 fully saturated rings. The van der Waals surface area contributed by atoms with Crippen LogP contribution in [0.15, 0.2) is 133 Å². The maximum Gasteiger partial charge on any atom is 0.0468 e. The summed E-state index contributed by atoms with van der Waals surface area (Å²) in [5, 5.41) is 5.74. The first-order valence-electron chi connectivity index (χ1n) is 11.4. The smallest absolute Gasteiger partial charge is 0.0468 e. The van der Waals surface area contributed by atoms with Gasteiger partial charge in [0.15, 0.2) is 0 Å². The zero-order chi connectivity index (χ0) is 22.9. The number of rotatable bonds is 4. The van der Waals surface area contributed by atoms with E-state index in [0.717, 1.165) is 22.1 Å². The lowest BCUT2D eigenvalue weighted by molar-refractivity contribution is 1.29. The minimum absolute atomic E-state index is 0.730. The van der Waals surface area contributed by atoms with Crippen LogP contribution in [0.1, 0.15) is 0 Å². The summed E-state index contributed by atoms with van der Waals surface area (Å²) < 4.78 is 0. The summed E-state index contributed by atoms with van der Waals surface area (Å²) in [5.74, 6) is 0. The second kappa shape index (κ2) is 8.70. The van der Waals surface area contributed by atoms with Gasteiger partial charge in [-0.2, -0.15) is 0 Å². The normalized spacial score (nSPS) is 11.1. The highest BCUT2D eigenvalue weighted by atomic mass is 35.5. The molecule has 0 aromatic heterocycles. The van der Waals surface area contributed by atoms with Crippen molar-refractivity contribution in [1.29, 1.82) is 0 Å². The molecule has 0 N–H and O–H groups in total. The number of anilines is 3. The van der Waals surface area contributed by atoms with Gasteiger partial charge in [-0.1, -0.05) is 96.5 Å². The van der Waals surface area contributed by atoms with E-state index in [1.807, 2.05) is 18.2 Å². The van der Waals surface area contributed by atoms with E-state index in [-0.39, 0.29) is 0 Å². The lowest BCUT2D eigenvalue weighted by Crippen LogP contribution is -2.09. The Balaban J connectivity index is 1.48. The van der Waals surface area contributed by atoms with Crippen molar-refractivity contribution in [3.63, 3.8) is 0 Å². The van der Waals surface area contributed by atoms with Gasteiger partial charge in [-0.3, -0.25) is 0 Å². The fourth-order valence-electron chi connectivity index (χ4n) is 4.61. The maximum atomic E-state index is 6.21. The molecule has 34 heavy (non-hydrogen) atoms. The van der Waals surface area contributed by atoms with Gasteiger partial charge in [0.05, 0.1) is 0 Å². The standard InChI is InChI=1S/C32H22ClN/c33-27-14-18-29(19-15-27)34(28-16-12-24(13-17-28)23-6-2-1-3-7-23)30-20-21-32-26(22-30)11-10-25-8-4-5-9-31(25)32/h1-22H.